The van der Waals surface area contributed by atoms with Crippen LogP contribution in [0.2, 0.25) is 0 Å². The molecule has 0 radical (unpaired) electrons. The number of aryl methyl sites for hydroxylation is 2. The second kappa shape index (κ2) is 9.42. The molecule has 1 fully saturated rings. The normalized spacial score (nSPS) is 15.8. The number of morpholine rings is 1. The van der Waals surface area contributed by atoms with Crippen LogP contribution in [0, 0.1) is 12.7 Å². The lowest BCUT2D eigenvalue weighted by atomic mass is 10.0. The number of nitrogens with zero attached hydrogens (tertiary/aromatic N) is 3. The molecule has 1 amide bonds. The molecule has 0 aliphatic carbocycles. The van der Waals surface area contributed by atoms with Gasteiger partial charge >= 0.3 is 0 Å². The lowest BCUT2D eigenvalue weighted by Crippen LogP contribution is -2.40. The van der Waals surface area contributed by atoms with Crippen LogP contribution in [0.3, 0.4) is 0 Å². The maximum Gasteiger partial charge on any atom is 0.252 e. The van der Waals surface area contributed by atoms with Gasteiger partial charge in [-0.2, -0.15) is 4.31 Å². The van der Waals surface area contributed by atoms with Gasteiger partial charge in [0, 0.05) is 38.1 Å². The predicted octanol–water partition coefficient (Wildman–Crippen LogP) is 2.41. The van der Waals surface area contributed by atoms with Crippen LogP contribution in [0.5, 0.6) is 0 Å². The summed E-state index contributed by atoms with van der Waals surface area (Å²) in [6.07, 6.45) is 3.36. The third-order valence-corrected chi connectivity index (χ3v) is 7.55. The van der Waals surface area contributed by atoms with Gasteiger partial charge in [0.15, 0.2) is 0 Å². The van der Waals surface area contributed by atoms with Crippen LogP contribution in [0.15, 0.2) is 59.8 Å². The number of hydrogen-bond donors (Lipinski definition) is 1. The Labute approximate surface area is 192 Å². The van der Waals surface area contributed by atoms with Crippen molar-refractivity contribution in [2.24, 2.45) is 7.05 Å². The zero-order valence-corrected chi connectivity index (χ0v) is 19.2. The first-order valence-electron chi connectivity index (χ1n) is 10.5. The number of hydrogen-bond acceptors (Lipinski definition) is 5. The Morgan fingerprint density at radius 2 is 1.85 bits per heavy atom. The molecule has 0 bridgehead atoms. The van der Waals surface area contributed by atoms with Gasteiger partial charge in [-0.05, 0) is 42.3 Å². The Kier molecular flexibility index (Phi) is 6.59. The number of halogens is 1. The number of sulfonamides is 1. The highest BCUT2D eigenvalue weighted by Gasteiger charge is 2.28. The number of rotatable bonds is 6. The number of aromatic nitrogens is 2. The minimum atomic E-state index is -3.75. The molecule has 1 aliphatic rings. The highest BCUT2D eigenvalue weighted by atomic mass is 32.2. The van der Waals surface area contributed by atoms with Crippen LogP contribution in [-0.2, 0) is 21.8 Å². The van der Waals surface area contributed by atoms with Gasteiger partial charge in [0.25, 0.3) is 5.91 Å². The molecule has 1 saturated heterocycles. The number of nitrogens with one attached hydrogen (secondary N) is 1. The first kappa shape index (κ1) is 23.1. The second-order valence-corrected chi connectivity index (χ2v) is 9.79. The van der Waals surface area contributed by atoms with Crippen molar-refractivity contribution in [1.82, 2.24) is 19.2 Å². The van der Waals surface area contributed by atoms with Gasteiger partial charge in [-0.25, -0.2) is 17.8 Å². The van der Waals surface area contributed by atoms with E-state index < -0.39 is 22.0 Å². The van der Waals surface area contributed by atoms with Crippen molar-refractivity contribution in [1.29, 1.82) is 0 Å². The Bertz CT molecular complexity index is 1250. The molecule has 1 N–H and O–H groups in total. The average molecular weight is 473 g/mol. The molecule has 1 aromatic heterocycles. The van der Waals surface area contributed by atoms with Crippen molar-refractivity contribution < 1.29 is 22.3 Å². The smallest absolute Gasteiger partial charge is 0.252 e. The highest BCUT2D eigenvalue weighted by Crippen LogP contribution is 2.24. The van der Waals surface area contributed by atoms with Crippen molar-refractivity contribution >= 4 is 15.9 Å². The monoisotopic (exact) mass is 472 g/mol. The number of carbonyl (C=O) groups excluding carboxylic acids is 1. The molecule has 8 nitrogen and oxygen atoms in total. The van der Waals surface area contributed by atoms with Crippen molar-refractivity contribution in [2.45, 2.75) is 17.9 Å². The molecule has 1 atom stereocenters. The van der Waals surface area contributed by atoms with Gasteiger partial charge < -0.3 is 14.6 Å². The van der Waals surface area contributed by atoms with Crippen molar-refractivity contribution in [3.8, 4) is 0 Å². The molecule has 2 aromatic carbocycles. The summed E-state index contributed by atoms with van der Waals surface area (Å²) < 4.78 is 48.0. The van der Waals surface area contributed by atoms with E-state index in [-0.39, 0.29) is 29.4 Å². The number of carbonyl (C=O) groups is 1. The minimum Gasteiger partial charge on any atom is -0.379 e. The van der Waals surface area contributed by atoms with Crippen molar-refractivity contribution in [2.75, 3.05) is 26.3 Å². The fourth-order valence-corrected chi connectivity index (χ4v) is 5.19. The van der Waals surface area contributed by atoms with Crippen LogP contribution < -0.4 is 5.32 Å². The standard InChI is InChI=1S/C23H25FN4O4S/c1-16-3-8-19(33(30,31)28-11-13-32-14-12-28)15-20(16)23(29)26-21(22-25-9-10-27(22)2)17-4-6-18(24)7-5-17/h3-10,15,21H,11-14H2,1-2H3,(H,26,29)/t21-/m0/s1. The van der Waals surface area contributed by atoms with Gasteiger partial charge in [-0.15, -0.1) is 0 Å². The van der Waals surface area contributed by atoms with Crippen LogP contribution in [-0.4, -0.2) is 54.5 Å². The largest absolute Gasteiger partial charge is 0.379 e. The van der Waals surface area contributed by atoms with Crippen molar-refractivity contribution in [3.05, 3.63) is 83.2 Å². The SMILES string of the molecule is Cc1ccc(S(=O)(=O)N2CCOCC2)cc1C(=O)N[C@@H](c1ccc(F)cc1)c1nccn1C. The zero-order chi connectivity index (χ0) is 23.6. The molecule has 2 heterocycles. The van der Waals surface area contributed by atoms with E-state index in [2.05, 4.69) is 10.3 Å². The van der Waals surface area contributed by atoms with Crippen LogP contribution >= 0.6 is 0 Å². The van der Waals surface area contributed by atoms with Gasteiger partial charge in [0.2, 0.25) is 10.0 Å². The minimum absolute atomic E-state index is 0.0514. The first-order chi connectivity index (χ1) is 15.8. The van der Waals surface area contributed by atoms with Crippen LogP contribution in [0.1, 0.15) is 33.4 Å². The molecule has 0 saturated carbocycles. The van der Waals surface area contributed by atoms with E-state index in [0.717, 1.165) is 0 Å². The molecular weight excluding hydrogens is 447 g/mol. The number of imidazole rings is 1. The fraction of sp³-hybridized carbons (Fsp3) is 0.304. The zero-order valence-electron chi connectivity index (χ0n) is 18.4. The summed E-state index contributed by atoms with van der Waals surface area (Å²) in [5.41, 5.74) is 1.52. The highest BCUT2D eigenvalue weighted by molar-refractivity contribution is 7.89. The van der Waals surface area contributed by atoms with E-state index in [1.54, 1.807) is 49.1 Å². The Morgan fingerprint density at radius 1 is 1.15 bits per heavy atom. The molecule has 0 spiro atoms. The summed E-state index contributed by atoms with van der Waals surface area (Å²) in [5.74, 6) is -0.283. The Hall–Kier alpha value is -3.08. The maximum atomic E-state index is 13.5. The summed E-state index contributed by atoms with van der Waals surface area (Å²) >= 11 is 0. The lowest BCUT2D eigenvalue weighted by Gasteiger charge is -2.26. The Balaban J connectivity index is 1.67. The summed E-state index contributed by atoms with van der Waals surface area (Å²) in [6.45, 7) is 2.95. The summed E-state index contributed by atoms with van der Waals surface area (Å²) in [5, 5.41) is 2.94. The molecule has 1 aliphatic heterocycles. The maximum absolute atomic E-state index is 13.5. The molecule has 174 valence electrons. The number of benzene rings is 2. The lowest BCUT2D eigenvalue weighted by molar-refractivity contribution is 0.0730. The number of ether oxygens (including phenoxy) is 1. The molecule has 3 aromatic rings. The quantitative estimate of drug-likeness (QED) is 0.595. The van der Waals surface area contributed by atoms with Crippen LogP contribution in [0.4, 0.5) is 4.39 Å². The molecular formula is C23H25FN4O4S. The number of amides is 1. The van der Waals surface area contributed by atoms with E-state index in [0.29, 0.717) is 30.2 Å². The third-order valence-electron chi connectivity index (χ3n) is 5.66. The van der Waals surface area contributed by atoms with Crippen LogP contribution in [0.25, 0.3) is 0 Å². The van der Waals surface area contributed by atoms with Crippen molar-refractivity contribution in [3.63, 3.8) is 0 Å². The molecule has 10 heteroatoms. The van der Waals surface area contributed by atoms with E-state index in [9.17, 15) is 17.6 Å². The van der Waals surface area contributed by atoms with Gasteiger partial charge in [-0.3, -0.25) is 4.79 Å². The first-order valence-corrected chi connectivity index (χ1v) is 11.9. The molecule has 4 rings (SSSR count). The van der Waals surface area contributed by atoms with Gasteiger partial charge in [0.1, 0.15) is 17.7 Å². The predicted molar refractivity (Wildman–Crippen MR) is 120 cm³/mol. The second-order valence-electron chi connectivity index (χ2n) is 7.85. The molecule has 33 heavy (non-hydrogen) atoms. The van der Waals surface area contributed by atoms with E-state index >= 15 is 0 Å². The van der Waals surface area contributed by atoms with E-state index in [1.165, 1.54) is 28.6 Å². The average Bonchev–Trinajstić information content (AvgIpc) is 3.24. The fourth-order valence-electron chi connectivity index (χ4n) is 3.76. The third kappa shape index (κ3) is 4.82. The topological polar surface area (TPSA) is 93.5 Å². The van der Waals surface area contributed by atoms with Gasteiger partial charge in [0.05, 0.1) is 18.1 Å². The summed E-state index contributed by atoms with van der Waals surface area (Å²) in [6, 6.07) is 9.68. The Morgan fingerprint density at radius 3 is 2.48 bits per heavy atom. The summed E-state index contributed by atoms with van der Waals surface area (Å²) in [7, 11) is -1.96. The van der Waals surface area contributed by atoms with E-state index in [1.807, 2.05) is 0 Å². The van der Waals surface area contributed by atoms with Gasteiger partial charge in [-0.1, -0.05) is 18.2 Å². The molecule has 0 unspecified atom stereocenters. The summed E-state index contributed by atoms with van der Waals surface area (Å²) in [4.78, 5) is 17.7. The van der Waals surface area contributed by atoms with E-state index in [4.69, 9.17) is 4.74 Å².